The normalized spacial score (nSPS) is 18.8. The van der Waals surface area contributed by atoms with Crippen LogP contribution in [0.4, 0.5) is 43.4 Å². The molecule has 3 aliphatic carbocycles. The molecule has 9 N–H and O–H groups in total. The van der Waals surface area contributed by atoms with Crippen molar-refractivity contribution in [1.29, 1.82) is 0 Å². The number of fused-ring (bicyclic) bond motifs is 3. The number of rotatable bonds is 24. The minimum Gasteiger partial charge on any atom is -0.370 e. The van der Waals surface area contributed by atoms with E-state index in [2.05, 4.69) is 29.9 Å². The second-order valence-corrected chi connectivity index (χ2v) is 38.2. The molecule has 6 aromatic carbocycles. The zero-order valence-corrected chi connectivity index (χ0v) is 66.4. The van der Waals surface area contributed by atoms with Crippen LogP contribution in [0.15, 0.2) is 106 Å². The van der Waals surface area contributed by atoms with E-state index in [0.717, 1.165) is 38.5 Å². The number of benzene rings is 6. The van der Waals surface area contributed by atoms with E-state index >= 15 is 0 Å². The molecular weight excluding hydrogens is 1640 g/mol. The molecule has 3 aromatic heterocycles. The Labute approximate surface area is 666 Å². The first kappa shape index (κ1) is 81.7. The maximum absolute atomic E-state index is 13.7. The van der Waals surface area contributed by atoms with Crippen molar-refractivity contribution in [2.24, 2.45) is 35.0 Å². The number of alkyl halides is 6. The van der Waals surface area contributed by atoms with Gasteiger partial charge in [-0.25, -0.2) is 66.5 Å². The number of sulfone groups is 3. The molecule has 21 nitrogen and oxygen atoms in total. The van der Waals surface area contributed by atoms with E-state index in [-0.39, 0.29) is 162 Å². The first-order valence-corrected chi connectivity index (χ1v) is 43.4. The number of amides is 3. The zero-order valence-electron chi connectivity index (χ0n) is 59.4. The van der Waals surface area contributed by atoms with Crippen LogP contribution in [-0.2, 0) is 43.9 Å². The summed E-state index contributed by atoms with van der Waals surface area (Å²) in [5.41, 5.74) is 22.6. The maximum Gasteiger partial charge on any atom is 0.251 e. The summed E-state index contributed by atoms with van der Waals surface area (Å²) in [5, 5.41) is 1.59. The van der Waals surface area contributed by atoms with Gasteiger partial charge in [-0.3, -0.25) is 14.4 Å². The summed E-state index contributed by atoms with van der Waals surface area (Å²) >= 11 is 39.6. The van der Waals surface area contributed by atoms with Crippen LogP contribution in [-0.4, -0.2) is 147 Å². The van der Waals surface area contributed by atoms with E-state index in [1.54, 1.807) is 69.3 Å². The van der Waals surface area contributed by atoms with Crippen LogP contribution in [0.2, 0.25) is 30.1 Å². The highest BCUT2D eigenvalue weighted by Gasteiger charge is 2.41. The molecule has 9 aromatic rings. The van der Waals surface area contributed by atoms with E-state index in [4.69, 9.17) is 86.8 Å². The molecule has 36 heteroatoms. The highest BCUT2D eigenvalue weighted by Crippen LogP contribution is 2.48. The second kappa shape index (κ2) is 32.2. The van der Waals surface area contributed by atoms with E-state index < -0.39 is 82.8 Å². The predicted octanol–water partition coefficient (Wildman–Crippen LogP) is 15.9. The number of anilines is 3. The fourth-order valence-electron chi connectivity index (χ4n) is 14.3. The number of piperidine rings is 3. The summed E-state index contributed by atoms with van der Waals surface area (Å²) < 4.78 is 158. The molecule has 3 saturated heterocycles. The van der Waals surface area contributed by atoms with Gasteiger partial charge in [-0.05, 0) is 128 Å². The van der Waals surface area contributed by atoms with Crippen molar-refractivity contribution in [3.05, 3.63) is 155 Å². The third kappa shape index (κ3) is 19.2. The summed E-state index contributed by atoms with van der Waals surface area (Å²) in [7, 11) is -10.1. The van der Waals surface area contributed by atoms with Gasteiger partial charge in [0.15, 0.2) is 29.5 Å². The Hall–Kier alpha value is -7.29. The number of nitrogens with one attached hydrogen (secondary N) is 3. The Balaban J connectivity index is 0.000000146. The van der Waals surface area contributed by atoms with Gasteiger partial charge in [0.05, 0.1) is 113 Å². The average molecular weight is 1710 g/mol. The standard InChI is InChI=1S/3C25H26Cl2F2N4O3S/c3*26-18-12-19-22(21(27)23(18)33-9-7-25(28,29)8-10-33)32-24(31-19)17(11-20(30)34)15-3-5-16(6-4-15)37(35,36)13-14-1-2-14/h3*3-6,12,14,17H,1-2,7-11,13H2,(H2,30,34)(H,31,32)/t2*17-;/m10./s1. The van der Waals surface area contributed by atoms with Gasteiger partial charge in [-0.15, -0.1) is 0 Å². The Kier molecular flexibility index (Phi) is 23.7. The van der Waals surface area contributed by atoms with Gasteiger partial charge < -0.3 is 46.9 Å². The summed E-state index contributed by atoms with van der Waals surface area (Å²) in [6.45, 7) is 0.640. The average Bonchev–Trinajstić information content (AvgIpc) is 1.67. The lowest BCUT2D eigenvalue weighted by atomic mass is 9.95. The predicted molar refractivity (Wildman–Crippen MR) is 418 cm³/mol. The number of hydrogen-bond donors (Lipinski definition) is 6. The van der Waals surface area contributed by atoms with Gasteiger partial charge in [0.1, 0.15) is 34.0 Å². The molecule has 6 aliphatic rings. The Morgan fingerprint density at radius 2 is 0.613 bits per heavy atom. The Bertz CT molecular complexity index is 4870. The molecule has 1 unspecified atom stereocenters. The van der Waals surface area contributed by atoms with Gasteiger partial charge in [-0.2, -0.15) is 0 Å². The van der Waals surface area contributed by atoms with Crippen LogP contribution < -0.4 is 31.9 Å². The van der Waals surface area contributed by atoms with Crippen LogP contribution >= 0.6 is 69.6 Å². The molecule has 6 fully saturated rings. The van der Waals surface area contributed by atoms with Crippen molar-refractivity contribution in [2.45, 2.75) is 147 Å². The van der Waals surface area contributed by atoms with Gasteiger partial charge in [-0.1, -0.05) is 106 Å². The molecule has 3 amide bonds. The summed E-state index contributed by atoms with van der Waals surface area (Å²) in [4.78, 5) is 65.1. The van der Waals surface area contributed by atoms with Crippen molar-refractivity contribution in [3.8, 4) is 0 Å². The van der Waals surface area contributed by atoms with Crippen LogP contribution in [0.25, 0.3) is 33.1 Å². The molecule has 15 rings (SSSR count). The fraction of sp³-hybridized carbons (Fsp3) is 0.440. The molecule has 594 valence electrons. The third-order valence-corrected chi connectivity index (χ3v) is 28.7. The third-order valence-electron chi connectivity index (χ3n) is 21.0. The number of imidazole rings is 3. The van der Waals surface area contributed by atoms with Crippen molar-refractivity contribution in [1.82, 2.24) is 29.9 Å². The number of aromatic nitrogens is 6. The van der Waals surface area contributed by atoms with Crippen LogP contribution in [0.5, 0.6) is 0 Å². The number of nitrogens with zero attached hydrogens (tertiary/aromatic N) is 6. The molecule has 3 aliphatic heterocycles. The smallest absolute Gasteiger partial charge is 0.251 e. The number of primary amides is 3. The number of carbonyl (C=O) groups is 3. The number of halogens is 12. The highest BCUT2D eigenvalue weighted by molar-refractivity contribution is 7.92. The van der Waals surface area contributed by atoms with E-state index in [9.17, 15) is 66.0 Å². The molecule has 111 heavy (non-hydrogen) atoms. The first-order chi connectivity index (χ1) is 52.3. The lowest BCUT2D eigenvalue weighted by Gasteiger charge is -2.34. The van der Waals surface area contributed by atoms with E-state index in [0.29, 0.717) is 99.4 Å². The van der Waals surface area contributed by atoms with Crippen molar-refractivity contribution < 1.29 is 66.0 Å². The number of carbonyl (C=O) groups excluding carboxylic acids is 3. The quantitative estimate of drug-likeness (QED) is 0.0306. The van der Waals surface area contributed by atoms with Crippen LogP contribution in [0, 0.1) is 17.8 Å². The topological polar surface area (TPSA) is 327 Å². The molecule has 3 atom stereocenters. The summed E-state index contributed by atoms with van der Waals surface area (Å²) in [6.07, 6.45) is 3.60. The number of hydrogen-bond acceptors (Lipinski definition) is 15. The van der Waals surface area contributed by atoms with Crippen molar-refractivity contribution >= 4 is 167 Å². The molecule has 0 radical (unpaired) electrons. The van der Waals surface area contributed by atoms with E-state index in [1.165, 1.54) is 36.4 Å². The summed E-state index contributed by atoms with van der Waals surface area (Å²) in [6, 6.07) is 24.1. The first-order valence-electron chi connectivity index (χ1n) is 36.1. The van der Waals surface area contributed by atoms with Crippen LogP contribution in [0.3, 0.4) is 0 Å². The number of aromatic amines is 3. The fourth-order valence-corrected chi connectivity index (χ4v) is 21.6. The molecule has 0 spiro atoms. The molecule has 3 saturated carbocycles. The van der Waals surface area contributed by atoms with Gasteiger partial charge in [0, 0.05) is 97.1 Å². The van der Waals surface area contributed by atoms with Gasteiger partial charge >= 0.3 is 0 Å². The SMILES string of the molecule is NC(=O)CC(c1ccc(S(=O)(=O)CC2CC2)cc1)c1nc2c(Cl)c(N3CCC(F)(F)CC3)c(Cl)cc2[nH]1.NC(=O)C[C@@H](c1ccc(S(=O)(=O)CC2CC2)cc1)c1nc2c(Cl)c(N3CCC(F)(F)CC3)c(Cl)cc2[nH]1.NC(=O)C[C@H](c1ccc(S(=O)(=O)CC2CC2)cc1)c1nc2c(Cl)c(N3CCC(F)(F)CC3)c(Cl)cc2[nH]1. The van der Waals surface area contributed by atoms with E-state index in [1.807, 2.05) is 0 Å². The molecule has 6 heterocycles. The van der Waals surface area contributed by atoms with Gasteiger partial charge in [0.2, 0.25) is 17.7 Å². The monoisotopic (exact) mass is 1710 g/mol. The lowest BCUT2D eigenvalue weighted by Crippen LogP contribution is -2.39. The minimum absolute atomic E-state index is 0.0760. The van der Waals surface area contributed by atoms with Crippen molar-refractivity contribution in [2.75, 3.05) is 71.2 Å². The minimum atomic E-state index is -3.38. The molecule has 0 bridgehead atoms. The highest BCUT2D eigenvalue weighted by atomic mass is 35.5. The second-order valence-electron chi connectivity index (χ2n) is 29.7. The number of nitrogens with two attached hydrogens (primary N) is 3. The van der Waals surface area contributed by atoms with Gasteiger partial charge in [0.25, 0.3) is 17.8 Å². The lowest BCUT2D eigenvalue weighted by molar-refractivity contribution is -0.119. The maximum atomic E-state index is 13.7. The summed E-state index contributed by atoms with van der Waals surface area (Å²) in [5.74, 6) is -9.28. The van der Waals surface area contributed by atoms with Crippen LogP contribution in [0.1, 0.15) is 148 Å². The number of H-pyrrole nitrogens is 3. The zero-order chi connectivity index (χ0) is 79.6. The Morgan fingerprint density at radius 3 is 0.811 bits per heavy atom. The Morgan fingerprint density at radius 1 is 0.396 bits per heavy atom. The largest absolute Gasteiger partial charge is 0.370 e. The molecular formula is C75H78Cl6F6N12O9S3. The van der Waals surface area contributed by atoms with Crippen molar-refractivity contribution in [3.63, 3.8) is 0 Å².